The number of ether oxygens (including phenoxy) is 3. The lowest BCUT2D eigenvalue weighted by Crippen LogP contribution is -2.40. The van der Waals surface area contributed by atoms with Gasteiger partial charge in [-0.15, -0.1) is 0 Å². The number of nitrogens with zero attached hydrogens (tertiary/aromatic N) is 1. The van der Waals surface area contributed by atoms with Gasteiger partial charge in [0.15, 0.2) is 0 Å². The Bertz CT molecular complexity index is 1260. The zero-order chi connectivity index (χ0) is 22.4. The van der Waals surface area contributed by atoms with Gasteiger partial charge in [0.25, 0.3) is 0 Å². The van der Waals surface area contributed by atoms with Crippen LogP contribution in [0.1, 0.15) is 19.4 Å². The van der Waals surface area contributed by atoms with E-state index in [-0.39, 0.29) is 5.75 Å². The van der Waals surface area contributed by atoms with Crippen LogP contribution in [0.3, 0.4) is 0 Å². The van der Waals surface area contributed by atoms with E-state index in [0.29, 0.717) is 32.9 Å². The highest BCUT2D eigenvalue weighted by atomic mass is 79.9. The summed E-state index contributed by atoms with van der Waals surface area (Å²) in [6, 6.07) is 10.5. The van der Waals surface area contributed by atoms with E-state index in [1.165, 1.54) is 7.11 Å². The van der Waals surface area contributed by atoms with Crippen molar-refractivity contribution < 1.29 is 22.6 Å². The van der Waals surface area contributed by atoms with Gasteiger partial charge in [-0.2, -0.15) is 0 Å². The summed E-state index contributed by atoms with van der Waals surface area (Å²) in [5.41, 5.74) is 1.33. The Kier molecular flexibility index (Phi) is 5.51. The minimum Gasteiger partial charge on any atom is -0.497 e. The molecule has 1 unspecified atom stereocenters. The molecule has 2 aromatic carbocycles. The standard InChI is InChI=1S/C22H23BrN2O5S/c1-22(2)16(12-31(26,27)25-13-7-5-8-14(11-13)28-3)30-21-17(22)20(29-4)15-9-6-10-24-19(15)18(21)23/h5-11,16,25H,12H2,1-4H3. The first-order valence-electron chi connectivity index (χ1n) is 9.64. The van der Waals surface area contributed by atoms with E-state index < -0.39 is 21.5 Å². The molecule has 0 saturated heterocycles. The number of halogens is 1. The number of nitrogens with one attached hydrogen (secondary N) is 1. The summed E-state index contributed by atoms with van der Waals surface area (Å²) in [5, 5.41) is 0.838. The molecule has 0 bridgehead atoms. The van der Waals surface area contributed by atoms with Crippen LogP contribution < -0.4 is 18.9 Å². The summed E-state index contributed by atoms with van der Waals surface area (Å²) in [6.45, 7) is 3.92. The number of benzene rings is 2. The summed E-state index contributed by atoms with van der Waals surface area (Å²) in [7, 11) is -0.584. The number of anilines is 1. The fourth-order valence-electron chi connectivity index (χ4n) is 3.93. The number of rotatable bonds is 6. The predicted octanol–water partition coefficient (Wildman–Crippen LogP) is 4.50. The van der Waals surface area contributed by atoms with Gasteiger partial charge in [-0.25, -0.2) is 8.42 Å². The van der Waals surface area contributed by atoms with Crippen molar-refractivity contribution in [2.75, 3.05) is 24.7 Å². The Labute approximate surface area is 189 Å². The second-order valence-electron chi connectivity index (χ2n) is 7.89. The lowest BCUT2D eigenvalue weighted by atomic mass is 9.80. The average molecular weight is 507 g/mol. The smallest absolute Gasteiger partial charge is 0.236 e. The van der Waals surface area contributed by atoms with Gasteiger partial charge in [0.2, 0.25) is 10.0 Å². The minimum absolute atomic E-state index is 0.231. The number of sulfonamides is 1. The van der Waals surface area contributed by atoms with Crippen LogP contribution in [-0.2, 0) is 15.4 Å². The maximum absolute atomic E-state index is 13.0. The molecule has 3 aromatic rings. The summed E-state index contributed by atoms with van der Waals surface area (Å²) in [6.07, 6.45) is 1.06. The molecule has 9 heteroatoms. The molecule has 1 aliphatic heterocycles. The maximum atomic E-state index is 13.0. The van der Waals surface area contributed by atoms with Crippen molar-refractivity contribution in [3.63, 3.8) is 0 Å². The van der Waals surface area contributed by atoms with Gasteiger partial charge in [0, 0.05) is 28.6 Å². The van der Waals surface area contributed by atoms with Crippen LogP contribution in [0.15, 0.2) is 47.1 Å². The van der Waals surface area contributed by atoms with Crippen molar-refractivity contribution in [2.45, 2.75) is 25.4 Å². The zero-order valence-electron chi connectivity index (χ0n) is 17.6. The molecule has 4 rings (SSSR count). The van der Waals surface area contributed by atoms with Gasteiger partial charge in [-0.1, -0.05) is 19.9 Å². The van der Waals surface area contributed by atoms with Crippen LogP contribution in [0.4, 0.5) is 5.69 Å². The van der Waals surface area contributed by atoms with Gasteiger partial charge in [-0.05, 0) is 40.2 Å². The van der Waals surface area contributed by atoms with Gasteiger partial charge < -0.3 is 14.2 Å². The first kappa shape index (κ1) is 21.7. The number of hydrogen-bond acceptors (Lipinski definition) is 6. The summed E-state index contributed by atoms with van der Waals surface area (Å²) in [5.74, 6) is 1.55. The lowest BCUT2D eigenvalue weighted by molar-refractivity contribution is 0.187. The van der Waals surface area contributed by atoms with Crippen molar-refractivity contribution in [2.24, 2.45) is 0 Å². The molecule has 7 nitrogen and oxygen atoms in total. The molecule has 1 aliphatic rings. The predicted molar refractivity (Wildman–Crippen MR) is 124 cm³/mol. The van der Waals surface area contributed by atoms with E-state index in [1.54, 1.807) is 37.6 Å². The third-order valence-corrected chi connectivity index (χ3v) is 7.57. The second kappa shape index (κ2) is 7.87. The van der Waals surface area contributed by atoms with Gasteiger partial charge >= 0.3 is 0 Å². The van der Waals surface area contributed by atoms with Crippen LogP contribution in [0.2, 0.25) is 0 Å². The fourth-order valence-corrected chi connectivity index (χ4v) is 5.99. The SMILES string of the molecule is COc1cccc(NS(=O)(=O)CC2Oc3c(c(OC)c4cccnc4c3Br)C2(C)C)c1. The van der Waals surface area contributed by atoms with Crippen LogP contribution in [0.25, 0.3) is 10.9 Å². The Balaban J connectivity index is 1.70. The van der Waals surface area contributed by atoms with Crippen molar-refractivity contribution in [3.8, 4) is 17.2 Å². The number of pyridine rings is 1. The van der Waals surface area contributed by atoms with E-state index in [9.17, 15) is 8.42 Å². The maximum Gasteiger partial charge on any atom is 0.236 e. The van der Waals surface area contributed by atoms with Crippen molar-refractivity contribution >= 4 is 42.5 Å². The normalized spacial score (nSPS) is 17.1. The minimum atomic E-state index is -3.71. The molecular formula is C22H23BrN2O5S. The number of aromatic nitrogens is 1. The van der Waals surface area contributed by atoms with Crippen LogP contribution in [0, 0.1) is 0 Å². The molecule has 0 saturated carbocycles. The molecule has 1 aromatic heterocycles. The van der Waals surface area contributed by atoms with Crippen LogP contribution in [0.5, 0.6) is 17.2 Å². The third kappa shape index (κ3) is 3.80. The van der Waals surface area contributed by atoms with Crippen LogP contribution in [-0.4, -0.2) is 39.5 Å². The van der Waals surface area contributed by atoms with Crippen LogP contribution >= 0.6 is 15.9 Å². The van der Waals surface area contributed by atoms with E-state index >= 15 is 0 Å². The highest BCUT2D eigenvalue weighted by molar-refractivity contribution is 9.10. The van der Waals surface area contributed by atoms with Crippen molar-refractivity contribution in [1.82, 2.24) is 4.98 Å². The quantitative estimate of drug-likeness (QED) is 0.529. The average Bonchev–Trinajstić information content (AvgIpc) is 2.99. The molecule has 2 heterocycles. The molecular weight excluding hydrogens is 484 g/mol. The molecule has 0 aliphatic carbocycles. The Morgan fingerprint density at radius 1 is 1.19 bits per heavy atom. The van der Waals surface area contributed by atoms with Gasteiger partial charge in [0.05, 0.1) is 29.9 Å². The highest BCUT2D eigenvalue weighted by Crippen LogP contribution is 2.54. The van der Waals surface area contributed by atoms with E-state index in [2.05, 4.69) is 25.6 Å². The Hall–Kier alpha value is -2.52. The topological polar surface area (TPSA) is 86.8 Å². The van der Waals surface area contributed by atoms with Gasteiger partial charge in [0.1, 0.15) is 29.1 Å². The molecule has 31 heavy (non-hydrogen) atoms. The first-order valence-corrected chi connectivity index (χ1v) is 12.1. The summed E-state index contributed by atoms with van der Waals surface area (Å²) >= 11 is 3.60. The number of hydrogen-bond donors (Lipinski definition) is 1. The van der Waals surface area contributed by atoms with E-state index in [1.807, 2.05) is 26.0 Å². The fraction of sp³-hybridized carbons (Fsp3) is 0.318. The second-order valence-corrected chi connectivity index (χ2v) is 10.5. The van der Waals surface area contributed by atoms with E-state index in [0.717, 1.165) is 10.9 Å². The lowest BCUT2D eigenvalue weighted by Gasteiger charge is -2.27. The van der Waals surface area contributed by atoms with E-state index in [4.69, 9.17) is 14.2 Å². The largest absolute Gasteiger partial charge is 0.497 e. The third-order valence-electron chi connectivity index (χ3n) is 5.54. The molecule has 1 N–H and O–H groups in total. The molecule has 0 spiro atoms. The Morgan fingerprint density at radius 3 is 2.68 bits per heavy atom. The Morgan fingerprint density at radius 2 is 1.97 bits per heavy atom. The molecule has 0 radical (unpaired) electrons. The number of fused-ring (bicyclic) bond motifs is 2. The number of methoxy groups -OCH3 is 2. The monoisotopic (exact) mass is 506 g/mol. The van der Waals surface area contributed by atoms with Crippen molar-refractivity contribution in [3.05, 3.63) is 52.6 Å². The molecule has 1 atom stereocenters. The summed E-state index contributed by atoms with van der Waals surface area (Å²) in [4.78, 5) is 4.44. The zero-order valence-corrected chi connectivity index (χ0v) is 20.0. The van der Waals surface area contributed by atoms with Crippen molar-refractivity contribution in [1.29, 1.82) is 0 Å². The first-order chi connectivity index (χ1) is 14.7. The summed E-state index contributed by atoms with van der Waals surface area (Å²) < 4.78 is 46.4. The van der Waals surface area contributed by atoms with Gasteiger partial charge in [-0.3, -0.25) is 9.71 Å². The molecule has 0 amide bonds. The molecule has 164 valence electrons. The highest BCUT2D eigenvalue weighted by Gasteiger charge is 2.48. The molecule has 0 fully saturated rings.